The number of hydrogen-bond acceptors (Lipinski definition) is 6. The normalized spacial score (nSPS) is 18.2. The summed E-state index contributed by atoms with van der Waals surface area (Å²) in [6.07, 6.45) is 5.23. The molecular formula is C22H31N3O5S. The Balaban J connectivity index is 1.83. The molecule has 1 fully saturated rings. The van der Waals surface area contributed by atoms with E-state index in [9.17, 15) is 18.3 Å². The van der Waals surface area contributed by atoms with Crippen LogP contribution in [-0.4, -0.2) is 53.8 Å². The summed E-state index contributed by atoms with van der Waals surface area (Å²) >= 11 is 0. The summed E-state index contributed by atoms with van der Waals surface area (Å²) in [7, 11) is -3.34. The molecule has 1 unspecified atom stereocenters. The number of nitrogens with zero attached hydrogens (tertiary/aromatic N) is 2. The zero-order chi connectivity index (χ0) is 22.8. The van der Waals surface area contributed by atoms with E-state index in [1.165, 1.54) is 6.26 Å². The second-order valence-corrected chi connectivity index (χ2v) is 10.9. The number of rotatable bonds is 8. The maximum atomic E-state index is 13.2. The topological polar surface area (TPSA) is 111 Å². The SMILES string of the molecule is Cc1cc(C(C[C@H]2CCCO2)C(=O)Nc2ccn(CC(C)(C)O)n2)ccc1S(C)(=O)=O. The van der Waals surface area contributed by atoms with Gasteiger partial charge in [-0.05, 0) is 57.2 Å². The first-order valence-corrected chi connectivity index (χ1v) is 12.3. The summed E-state index contributed by atoms with van der Waals surface area (Å²) in [5.74, 6) is -0.332. The van der Waals surface area contributed by atoms with Crippen LogP contribution in [0.4, 0.5) is 5.82 Å². The Morgan fingerprint density at radius 1 is 1.39 bits per heavy atom. The van der Waals surface area contributed by atoms with E-state index in [1.807, 2.05) is 0 Å². The Morgan fingerprint density at radius 2 is 2.13 bits per heavy atom. The van der Waals surface area contributed by atoms with Crippen LogP contribution in [0.2, 0.25) is 0 Å². The molecule has 8 nitrogen and oxygen atoms in total. The second kappa shape index (κ2) is 9.10. The zero-order valence-electron chi connectivity index (χ0n) is 18.5. The lowest BCUT2D eigenvalue weighted by molar-refractivity contribution is -0.118. The zero-order valence-corrected chi connectivity index (χ0v) is 19.3. The van der Waals surface area contributed by atoms with Crippen molar-refractivity contribution in [3.63, 3.8) is 0 Å². The van der Waals surface area contributed by atoms with Gasteiger partial charge in [-0.25, -0.2) is 8.42 Å². The molecular weight excluding hydrogens is 418 g/mol. The lowest BCUT2D eigenvalue weighted by Gasteiger charge is -2.21. The molecule has 1 aromatic carbocycles. The number of sulfone groups is 1. The number of carbonyl (C=O) groups is 1. The summed E-state index contributed by atoms with van der Waals surface area (Å²) < 4.78 is 31.3. The predicted molar refractivity (Wildman–Crippen MR) is 118 cm³/mol. The van der Waals surface area contributed by atoms with Crippen LogP contribution in [0.1, 0.15) is 50.2 Å². The van der Waals surface area contributed by atoms with Crippen LogP contribution < -0.4 is 5.32 Å². The lowest BCUT2D eigenvalue weighted by atomic mass is 9.90. The van der Waals surface area contributed by atoms with Gasteiger partial charge in [0.2, 0.25) is 5.91 Å². The van der Waals surface area contributed by atoms with Crippen molar-refractivity contribution in [2.45, 2.75) is 69.1 Å². The third-order valence-electron chi connectivity index (χ3n) is 5.28. The van der Waals surface area contributed by atoms with Gasteiger partial charge in [-0.1, -0.05) is 12.1 Å². The number of anilines is 1. The number of ether oxygens (including phenoxy) is 1. The fourth-order valence-electron chi connectivity index (χ4n) is 3.92. The molecule has 1 aliphatic heterocycles. The predicted octanol–water partition coefficient (Wildman–Crippen LogP) is 2.66. The Labute approximate surface area is 183 Å². The smallest absolute Gasteiger partial charge is 0.233 e. The van der Waals surface area contributed by atoms with Gasteiger partial charge >= 0.3 is 0 Å². The second-order valence-electron chi connectivity index (χ2n) is 8.92. The monoisotopic (exact) mass is 449 g/mol. The third kappa shape index (κ3) is 6.38. The minimum atomic E-state index is -3.34. The number of nitrogens with one attached hydrogen (secondary N) is 1. The molecule has 2 heterocycles. The van der Waals surface area contributed by atoms with E-state index in [1.54, 1.807) is 55.9 Å². The first-order chi connectivity index (χ1) is 14.4. The van der Waals surface area contributed by atoms with E-state index in [0.717, 1.165) is 18.4 Å². The average molecular weight is 450 g/mol. The Kier molecular flexibility index (Phi) is 6.88. The van der Waals surface area contributed by atoms with Crippen LogP contribution in [0.5, 0.6) is 0 Å². The van der Waals surface area contributed by atoms with Gasteiger partial charge in [0.05, 0.1) is 29.1 Å². The van der Waals surface area contributed by atoms with Gasteiger partial charge < -0.3 is 15.2 Å². The fourth-order valence-corrected chi connectivity index (χ4v) is 4.88. The highest BCUT2D eigenvalue weighted by Crippen LogP contribution is 2.30. The quantitative estimate of drug-likeness (QED) is 0.641. The summed E-state index contributed by atoms with van der Waals surface area (Å²) in [4.78, 5) is 13.5. The average Bonchev–Trinajstić information content (AvgIpc) is 3.29. The summed E-state index contributed by atoms with van der Waals surface area (Å²) in [6, 6.07) is 6.72. The van der Waals surface area contributed by atoms with Crippen molar-refractivity contribution < 1.29 is 23.1 Å². The largest absolute Gasteiger partial charge is 0.389 e. The number of aromatic nitrogens is 2. The minimum Gasteiger partial charge on any atom is -0.389 e. The van der Waals surface area contributed by atoms with Gasteiger partial charge in [0.25, 0.3) is 0 Å². The third-order valence-corrected chi connectivity index (χ3v) is 6.54. The first kappa shape index (κ1) is 23.4. The molecule has 1 aromatic heterocycles. The van der Waals surface area contributed by atoms with Crippen LogP contribution >= 0.6 is 0 Å². The molecule has 170 valence electrons. The van der Waals surface area contributed by atoms with Gasteiger partial charge in [0.15, 0.2) is 15.7 Å². The molecule has 0 saturated carbocycles. The van der Waals surface area contributed by atoms with Crippen LogP contribution in [0.25, 0.3) is 0 Å². The van der Waals surface area contributed by atoms with E-state index >= 15 is 0 Å². The molecule has 9 heteroatoms. The van der Waals surface area contributed by atoms with Crippen molar-refractivity contribution in [1.82, 2.24) is 9.78 Å². The van der Waals surface area contributed by atoms with Crippen molar-refractivity contribution in [2.75, 3.05) is 18.2 Å². The molecule has 0 aliphatic carbocycles. The van der Waals surface area contributed by atoms with Crippen LogP contribution in [0.3, 0.4) is 0 Å². The van der Waals surface area contributed by atoms with E-state index in [-0.39, 0.29) is 16.9 Å². The van der Waals surface area contributed by atoms with Crippen LogP contribution in [0.15, 0.2) is 35.4 Å². The van der Waals surface area contributed by atoms with Crippen LogP contribution in [-0.2, 0) is 25.9 Å². The van der Waals surface area contributed by atoms with Gasteiger partial charge in [-0.15, -0.1) is 0 Å². The highest BCUT2D eigenvalue weighted by atomic mass is 32.2. The molecule has 31 heavy (non-hydrogen) atoms. The number of hydrogen-bond donors (Lipinski definition) is 2. The van der Waals surface area contributed by atoms with E-state index in [2.05, 4.69) is 10.4 Å². The summed E-state index contributed by atoms with van der Waals surface area (Å²) in [5.41, 5.74) is 0.433. The summed E-state index contributed by atoms with van der Waals surface area (Å²) in [6.45, 7) is 6.10. The number of benzene rings is 1. The molecule has 1 saturated heterocycles. The molecule has 2 N–H and O–H groups in total. The van der Waals surface area contributed by atoms with E-state index in [4.69, 9.17) is 4.74 Å². The number of aliphatic hydroxyl groups is 1. The molecule has 3 rings (SSSR count). The minimum absolute atomic E-state index is 0.0154. The summed E-state index contributed by atoms with van der Waals surface area (Å²) in [5, 5.41) is 17.1. The number of aryl methyl sites for hydroxylation is 1. The van der Waals surface area contributed by atoms with Crippen molar-refractivity contribution in [3.8, 4) is 0 Å². The number of amides is 1. The molecule has 1 amide bonds. The van der Waals surface area contributed by atoms with E-state index in [0.29, 0.717) is 31.0 Å². The maximum absolute atomic E-state index is 13.2. The Morgan fingerprint density at radius 3 is 2.71 bits per heavy atom. The van der Waals surface area contributed by atoms with Gasteiger partial charge in [0.1, 0.15) is 0 Å². The van der Waals surface area contributed by atoms with Crippen LogP contribution in [0, 0.1) is 6.92 Å². The standard InChI is InChI=1S/C22H31N3O5S/c1-15-12-16(7-8-19(15)31(4,28)29)18(13-17-6-5-11-30-17)21(26)23-20-9-10-25(24-20)14-22(2,3)27/h7-10,12,17-18,27H,5-6,11,13-14H2,1-4H3,(H,23,24,26)/t17-,18?/m1/s1. The number of carbonyl (C=O) groups excluding carboxylic acids is 1. The highest BCUT2D eigenvalue weighted by Gasteiger charge is 2.28. The van der Waals surface area contributed by atoms with Crippen molar-refractivity contribution in [1.29, 1.82) is 0 Å². The highest BCUT2D eigenvalue weighted by molar-refractivity contribution is 7.90. The van der Waals surface area contributed by atoms with Crippen molar-refractivity contribution in [2.24, 2.45) is 0 Å². The molecule has 1 aliphatic rings. The molecule has 0 spiro atoms. The Bertz CT molecular complexity index is 1030. The molecule has 0 bridgehead atoms. The molecule has 2 aromatic rings. The lowest BCUT2D eigenvalue weighted by Crippen LogP contribution is -2.27. The van der Waals surface area contributed by atoms with Gasteiger partial charge in [-0.2, -0.15) is 5.10 Å². The Hall–Kier alpha value is -2.23. The van der Waals surface area contributed by atoms with Crippen molar-refractivity contribution in [3.05, 3.63) is 41.6 Å². The van der Waals surface area contributed by atoms with Crippen molar-refractivity contribution >= 4 is 21.6 Å². The fraction of sp³-hybridized carbons (Fsp3) is 0.545. The van der Waals surface area contributed by atoms with Gasteiger partial charge in [0, 0.05) is 25.1 Å². The molecule has 0 radical (unpaired) electrons. The van der Waals surface area contributed by atoms with Gasteiger partial charge in [-0.3, -0.25) is 9.48 Å². The maximum Gasteiger partial charge on any atom is 0.233 e. The molecule has 2 atom stereocenters. The first-order valence-electron chi connectivity index (χ1n) is 10.4. The van der Waals surface area contributed by atoms with E-state index < -0.39 is 21.4 Å².